The number of alkyl halides is 2. The molecule has 2 nitrogen and oxygen atoms in total. The summed E-state index contributed by atoms with van der Waals surface area (Å²) in [7, 11) is 0. The quantitative estimate of drug-likeness (QED) is 0.834. The maximum Gasteiger partial charge on any atom is 0.259 e. The standard InChI is InChI=1S/C9H8F2N2S/c10-8(11)7(12)9-13-5-3-1-2-4-6(5)14-9/h1-4,7-8H,12H2. The summed E-state index contributed by atoms with van der Waals surface area (Å²) in [4.78, 5) is 4.05. The van der Waals surface area contributed by atoms with Crippen molar-refractivity contribution in [2.45, 2.75) is 12.5 Å². The van der Waals surface area contributed by atoms with Gasteiger partial charge in [-0.2, -0.15) is 0 Å². The zero-order chi connectivity index (χ0) is 10.1. The van der Waals surface area contributed by atoms with Crippen molar-refractivity contribution < 1.29 is 8.78 Å². The van der Waals surface area contributed by atoms with Gasteiger partial charge in [0.15, 0.2) is 0 Å². The number of benzene rings is 1. The Morgan fingerprint density at radius 1 is 1.29 bits per heavy atom. The predicted octanol–water partition coefficient (Wildman–Crippen LogP) is 2.56. The van der Waals surface area contributed by atoms with Crippen LogP contribution < -0.4 is 5.73 Å². The molecule has 74 valence electrons. The second-order valence-corrected chi connectivity index (χ2v) is 3.94. The maximum absolute atomic E-state index is 12.3. The molecular weight excluding hydrogens is 206 g/mol. The molecule has 1 atom stereocenters. The molecule has 1 aromatic heterocycles. The topological polar surface area (TPSA) is 38.9 Å². The third-order valence-corrected chi connectivity index (χ3v) is 3.00. The minimum atomic E-state index is -2.56. The fourth-order valence-electron chi connectivity index (χ4n) is 1.14. The molecule has 0 fully saturated rings. The summed E-state index contributed by atoms with van der Waals surface area (Å²) in [5.41, 5.74) is 6.03. The molecule has 0 saturated heterocycles. The van der Waals surface area contributed by atoms with E-state index in [9.17, 15) is 8.78 Å². The van der Waals surface area contributed by atoms with Gasteiger partial charge in [0.1, 0.15) is 11.0 Å². The highest BCUT2D eigenvalue weighted by Crippen LogP contribution is 2.27. The van der Waals surface area contributed by atoms with Crippen molar-refractivity contribution >= 4 is 21.6 Å². The van der Waals surface area contributed by atoms with Crippen molar-refractivity contribution in [3.8, 4) is 0 Å². The summed E-state index contributed by atoms with van der Waals surface area (Å²) >= 11 is 1.22. The SMILES string of the molecule is NC(c1nc2ccccc2s1)C(F)F. The molecule has 2 N–H and O–H groups in total. The molecule has 14 heavy (non-hydrogen) atoms. The minimum Gasteiger partial charge on any atom is -0.317 e. The summed E-state index contributed by atoms with van der Waals surface area (Å²) in [5.74, 6) is 0. The third-order valence-electron chi connectivity index (χ3n) is 1.87. The van der Waals surface area contributed by atoms with E-state index in [1.54, 1.807) is 6.07 Å². The molecule has 1 unspecified atom stereocenters. The Kier molecular flexibility index (Phi) is 2.43. The second-order valence-electron chi connectivity index (χ2n) is 2.88. The van der Waals surface area contributed by atoms with E-state index in [0.717, 1.165) is 10.2 Å². The normalized spacial score (nSPS) is 13.7. The summed E-state index contributed by atoms with van der Waals surface area (Å²) in [5, 5.41) is 0.293. The number of hydrogen-bond donors (Lipinski definition) is 1. The van der Waals surface area contributed by atoms with Crippen LogP contribution in [0.4, 0.5) is 8.78 Å². The van der Waals surface area contributed by atoms with Crippen LogP contribution in [0.2, 0.25) is 0 Å². The first kappa shape index (κ1) is 9.48. The lowest BCUT2D eigenvalue weighted by Crippen LogP contribution is -2.18. The predicted molar refractivity (Wildman–Crippen MR) is 52.6 cm³/mol. The van der Waals surface area contributed by atoms with E-state index in [2.05, 4.69) is 4.98 Å². The van der Waals surface area contributed by atoms with E-state index < -0.39 is 12.5 Å². The molecular formula is C9H8F2N2S. The number of thiazole rings is 1. The Morgan fingerprint density at radius 2 is 2.00 bits per heavy atom. The molecule has 0 bridgehead atoms. The van der Waals surface area contributed by atoms with Crippen LogP contribution >= 0.6 is 11.3 Å². The fourth-order valence-corrected chi connectivity index (χ4v) is 2.11. The lowest BCUT2D eigenvalue weighted by Gasteiger charge is -2.04. The molecule has 0 radical (unpaired) electrons. The van der Waals surface area contributed by atoms with Crippen LogP contribution in [0.1, 0.15) is 11.0 Å². The lowest BCUT2D eigenvalue weighted by atomic mass is 10.3. The summed E-state index contributed by atoms with van der Waals surface area (Å²) in [6, 6.07) is 6.02. The molecule has 0 amide bonds. The van der Waals surface area contributed by atoms with Crippen molar-refractivity contribution in [3.63, 3.8) is 0 Å². The number of nitrogens with two attached hydrogens (primary N) is 1. The van der Waals surface area contributed by atoms with E-state index in [-0.39, 0.29) is 0 Å². The molecule has 0 saturated carbocycles. The Bertz CT molecular complexity index is 408. The van der Waals surface area contributed by atoms with Crippen LogP contribution in [0.15, 0.2) is 24.3 Å². The van der Waals surface area contributed by atoms with Crippen molar-refractivity contribution in [1.29, 1.82) is 0 Å². The summed E-state index contributed by atoms with van der Waals surface area (Å²) < 4.78 is 25.5. The van der Waals surface area contributed by atoms with Gasteiger partial charge in [-0.05, 0) is 12.1 Å². The average Bonchev–Trinajstić information content (AvgIpc) is 2.59. The Labute approximate surface area is 83.4 Å². The van der Waals surface area contributed by atoms with Gasteiger partial charge in [0.05, 0.1) is 10.2 Å². The van der Waals surface area contributed by atoms with Crippen LogP contribution in [-0.4, -0.2) is 11.4 Å². The Morgan fingerprint density at radius 3 is 2.64 bits per heavy atom. The second kappa shape index (κ2) is 3.59. The number of fused-ring (bicyclic) bond motifs is 1. The number of hydrogen-bond acceptors (Lipinski definition) is 3. The molecule has 1 aromatic carbocycles. The van der Waals surface area contributed by atoms with Crippen LogP contribution in [0.25, 0.3) is 10.2 Å². The average molecular weight is 214 g/mol. The van der Waals surface area contributed by atoms with Gasteiger partial charge in [-0.25, -0.2) is 13.8 Å². The fraction of sp³-hybridized carbons (Fsp3) is 0.222. The van der Waals surface area contributed by atoms with Crippen molar-refractivity contribution in [2.75, 3.05) is 0 Å². The van der Waals surface area contributed by atoms with Crippen molar-refractivity contribution in [1.82, 2.24) is 4.98 Å². The van der Waals surface area contributed by atoms with Gasteiger partial charge in [0, 0.05) is 0 Å². The maximum atomic E-state index is 12.3. The molecule has 2 rings (SSSR count). The van der Waals surface area contributed by atoms with Crippen LogP contribution in [0, 0.1) is 0 Å². The van der Waals surface area contributed by atoms with Gasteiger partial charge in [-0.3, -0.25) is 0 Å². The van der Waals surface area contributed by atoms with Gasteiger partial charge in [-0.15, -0.1) is 11.3 Å². The first-order valence-electron chi connectivity index (χ1n) is 4.07. The van der Waals surface area contributed by atoms with Gasteiger partial charge < -0.3 is 5.73 Å². The van der Waals surface area contributed by atoms with Crippen molar-refractivity contribution in [2.24, 2.45) is 5.73 Å². The number of rotatable bonds is 2. The Balaban J connectivity index is 2.45. The van der Waals surface area contributed by atoms with Crippen LogP contribution in [0.3, 0.4) is 0 Å². The van der Waals surface area contributed by atoms with Gasteiger partial charge in [-0.1, -0.05) is 12.1 Å². The first-order chi connectivity index (χ1) is 6.68. The number of nitrogens with zero attached hydrogens (tertiary/aromatic N) is 1. The monoisotopic (exact) mass is 214 g/mol. The molecule has 5 heteroatoms. The highest BCUT2D eigenvalue weighted by Gasteiger charge is 2.21. The van der Waals surface area contributed by atoms with Crippen LogP contribution in [-0.2, 0) is 0 Å². The largest absolute Gasteiger partial charge is 0.317 e. The van der Waals surface area contributed by atoms with E-state index in [1.165, 1.54) is 11.3 Å². The highest BCUT2D eigenvalue weighted by molar-refractivity contribution is 7.18. The number of halogens is 2. The molecule has 2 aromatic rings. The number of para-hydroxylation sites is 1. The highest BCUT2D eigenvalue weighted by atomic mass is 32.1. The molecule has 0 aliphatic heterocycles. The molecule has 0 aliphatic carbocycles. The first-order valence-corrected chi connectivity index (χ1v) is 4.89. The third kappa shape index (κ3) is 1.60. The summed E-state index contributed by atoms with van der Waals surface area (Å²) in [6.07, 6.45) is -2.56. The zero-order valence-electron chi connectivity index (χ0n) is 7.15. The van der Waals surface area contributed by atoms with E-state index >= 15 is 0 Å². The molecule has 1 heterocycles. The Hall–Kier alpha value is -1.07. The summed E-state index contributed by atoms with van der Waals surface area (Å²) in [6.45, 7) is 0. The van der Waals surface area contributed by atoms with E-state index in [4.69, 9.17) is 5.73 Å². The van der Waals surface area contributed by atoms with Crippen LogP contribution in [0.5, 0.6) is 0 Å². The molecule has 0 spiro atoms. The van der Waals surface area contributed by atoms with E-state index in [1.807, 2.05) is 18.2 Å². The lowest BCUT2D eigenvalue weighted by molar-refractivity contribution is 0.116. The van der Waals surface area contributed by atoms with E-state index in [0.29, 0.717) is 5.01 Å². The smallest absolute Gasteiger partial charge is 0.259 e. The van der Waals surface area contributed by atoms with Gasteiger partial charge in [0.25, 0.3) is 6.43 Å². The van der Waals surface area contributed by atoms with Gasteiger partial charge in [0.2, 0.25) is 0 Å². The minimum absolute atomic E-state index is 0.293. The van der Waals surface area contributed by atoms with Gasteiger partial charge >= 0.3 is 0 Å². The molecule has 0 aliphatic rings. The van der Waals surface area contributed by atoms with Crippen molar-refractivity contribution in [3.05, 3.63) is 29.3 Å². The number of aromatic nitrogens is 1. The zero-order valence-corrected chi connectivity index (χ0v) is 7.97.